The monoisotopic (exact) mass is 442 g/mol. The van der Waals surface area contributed by atoms with E-state index in [-0.39, 0.29) is 0 Å². The minimum Gasteiger partial charge on any atom is -0.497 e. The van der Waals surface area contributed by atoms with Gasteiger partial charge in [0.2, 0.25) is 5.84 Å². The van der Waals surface area contributed by atoms with Crippen LogP contribution in [0, 0.1) is 0 Å². The van der Waals surface area contributed by atoms with Crippen LogP contribution >= 0.6 is 0 Å². The first-order valence-corrected chi connectivity index (χ1v) is 10.3. The van der Waals surface area contributed by atoms with Crippen molar-refractivity contribution in [2.75, 3.05) is 25.7 Å². The van der Waals surface area contributed by atoms with Gasteiger partial charge in [0.15, 0.2) is 0 Å². The van der Waals surface area contributed by atoms with Crippen molar-refractivity contribution >= 4 is 17.2 Å². The summed E-state index contributed by atoms with van der Waals surface area (Å²) in [5.41, 5.74) is 5.05. The van der Waals surface area contributed by atoms with Gasteiger partial charge in [-0.1, -0.05) is 49.6 Å². The fraction of sp³-hybridized carbons (Fsp3) is 0.115. The molecule has 0 unspecified atom stereocenters. The molecule has 0 heterocycles. The van der Waals surface area contributed by atoms with Gasteiger partial charge in [0.25, 0.3) is 0 Å². The number of ether oxygens (including phenoxy) is 3. The van der Waals surface area contributed by atoms with Gasteiger partial charge in [-0.2, -0.15) is 5.10 Å². The third kappa shape index (κ3) is 6.80. The smallest absolute Gasteiger partial charge is 0.201 e. The van der Waals surface area contributed by atoms with Gasteiger partial charge >= 0.3 is 0 Å². The molecule has 3 aromatic rings. The number of hydrogen-bond donors (Lipinski definition) is 1. The highest BCUT2D eigenvalue weighted by Crippen LogP contribution is 2.28. The highest BCUT2D eigenvalue weighted by atomic mass is 16.5. The molecule has 7 nitrogen and oxygen atoms in total. The number of hydrogen-bond acceptors (Lipinski definition) is 6. The van der Waals surface area contributed by atoms with E-state index in [9.17, 15) is 0 Å². The van der Waals surface area contributed by atoms with Crippen LogP contribution in [0.1, 0.15) is 5.56 Å². The first-order valence-electron chi connectivity index (χ1n) is 10.3. The van der Waals surface area contributed by atoms with Crippen LogP contribution < -0.4 is 19.6 Å². The molecule has 0 atom stereocenters. The van der Waals surface area contributed by atoms with Gasteiger partial charge in [-0.25, -0.2) is 0 Å². The number of azo groups is 1. The lowest BCUT2D eigenvalue weighted by Crippen LogP contribution is -2.03. The van der Waals surface area contributed by atoms with Crippen molar-refractivity contribution in [3.05, 3.63) is 104 Å². The second kappa shape index (κ2) is 12.5. The Hall–Kier alpha value is -4.39. The van der Waals surface area contributed by atoms with Gasteiger partial charge in [-0.3, -0.25) is 5.43 Å². The SMILES string of the molecule is C=CCOc1ccccc1N=N/C(=N/Nc1ccccc1OCC=C)c1ccc(OC)cc1. The average Bonchev–Trinajstić information content (AvgIpc) is 2.87. The topological polar surface area (TPSA) is 76.8 Å². The second-order valence-corrected chi connectivity index (χ2v) is 6.64. The Bertz CT molecular complexity index is 1120. The van der Waals surface area contributed by atoms with Crippen LogP contribution in [-0.2, 0) is 0 Å². The maximum atomic E-state index is 5.69. The molecule has 0 amide bonds. The average molecular weight is 443 g/mol. The fourth-order valence-electron chi connectivity index (χ4n) is 2.74. The number of amidine groups is 1. The van der Waals surface area contributed by atoms with Gasteiger partial charge in [-0.05, 0) is 48.5 Å². The number of para-hydroxylation sites is 3. The van der Waals surface area contributed by atoms with Crippen LogP contribution in [0.4, 0.5) is 11.4 Å². The lowest BCUT2D eigenvalue weighted by atomic mass is 10.2. The Morgan fingerprint density at radius 3 is 2.18 bits per heavy atom. The molecular weight excluding hydrogens is 416 g/mol. The summed E-state index contributed by atoms with van der Waals surface area (Å²) in [6, 6.07) is 22.3. The molecule has 168 valence electrons. The minimum absolute atomic E-state index is 0.370. The second-order valence-electron chi connectivity index (χ2n) is 6.64. The molecule has 3 rings (SSSR count). The molecule has 0 saturated carbocycles. The zero-order valence-corrected chi connectivity index (χ0v) is 18.5. The maximum absolute atomic E-state index is 5.69. The molecule has 0 aliphatic rings. The van der Waals surface area contributed by atoms with Gasteiger partial charge in [0.05, 0.1) is 12.8 Å². The third-order valence-electron chi connectivity index (χ3n) is 4.35. The molecule has 0 aromatic heterocycles. The number of nitrogens with zero attached hydrogens (tertiary/aromatic N) is 3. The Morgan fingerprint density at radius 1 is 0.848 bits per heavy atom. The Balaban J connectivity index is 1.93. The molecule has 0 aliphatic carbocycles. The predicted molar refractivity (Wildman–Crippen MR) is 132 cm³/mol. The molecule has 1 N–H and O–H groups in total. The van der Waals surface area contributed by atoms with Gasteiger partial charge in [0, 0.05) is 5.56 Å². The van der Waals surface area contributed by atoms with Crippen molar-refractivity contribution in [3.63, 3.8) is 0 Å². The fourth-order valence-corrected chi connectivity index (χ4v) is 2.74. The van der Waals surface area contributed by atoms with Crippen molar-refractivity contribution in [3.8, 4) is 17.2 Å². The van der Waals surface area contributed by atoms with Crippen LogP contribution in [0.25, 0.3) is 0 Å². The van der Waals surface area contributed by atoms with Crippen LogP contribution in [0.2, 0.25) is 0 Å². The van der Waals surface area contributed by atoms with E-state index in [1.54, 1.807) is 19.3 Å². The van der Waals surface area contributed by atoms with E-state index < -0.39 is 0 Å². The van der Waals surface area contributed by atoms with Crippen LogP contribution in [0.15, 0.2) is 113 Å². The summed E-state index contributed by atoms with van der Waals surface area (Å²) in [6.45, 7) is 8.12. The third-order valence-corrected chi connectivity index (χ3v) is 4.35. The van der Waals surface area contributed by atoms with Crippen molar-refractivity contribution in [1.29, 1.82) is 0 Å². The molecule has 3 aromatic carbocycles. The normalized spacial score (nSPS) is 11.1. The van der Waals surface area contributed by atoms with E-state index >= 15 is 0 Å². The summed E-state index contributed by atoms with van der Waals surface area (Å²) in [7, 11) is 1.62. The Labute approximate surface area is 193 Å². The summed E-state index contributed by atoms with van der Waals surface area (Å²) < 4.78 is 16.6. The van der Waals surface area contributed by atoms with Gasteiger partial charge < -0.3 is 14.2 Å². The molecule has 0 saturated heterocycles. The standard InChI is InChI=1S/C26H26N4O3/c1-4-18-32-24-12-8-6-10-22(24)27-29-26(20-14-16-21(31-3)17-15-20)30-28-23-11-7-9-13-25(23)33-19-5-2/h4-17,27H,1-2,18-19H2,3H3/b29-26+,30-28?. The molecule has 0 aliphatic heterocycles. The van der Waals surface area contributed by atoms with Crippen molar-refractivity contribution in [1.82, 2.24) is 0 Å². The predicted octanol–water partition coefficient (Wildman–Crippen LogP) is 6.38. The summed E-state index contributed by atoms with van der Waals surface area (Å²) >= 11 is 0. The number of nitrogens with one attached hydrogen (secondary N) is 1. The summed E-state index contributed by atoms with van der Waals surface area (Å²) in [6.07, 6.45) is 3.36. The van der Waals surface area contributed by atoms with E-state index in [4.69, 9.17) is 14.2 Å². The molecule has 0 spiro atoms. The molecule has 33 heavy (non-hydrogen) atoms. The molecule has 0 radical (unpaired) electrons. The van der Waals surface area contributed by atoms with Crippen molar-refractivity contribution < 1.29 is 14.2 Å². The largest absolute Gasteiger partial charge is 0.497 e. The first-order chi connectivity index (χ1) is 16.2. The minimum atomic E-state index is 0.370. The van der Waals surface area contributed by atoms with Crippen molar-refractivity contribution in [2.45, 2.75) is 0 Å². The summed E-state index contributed by atoms with van der Waals surface area (Å²) in [5.74, 6) is 2.35. The van der Waals surface area contributed by atoms with Crippen LogP contribution in [0.3, 0.4) is 0 Å². The van der Waals surface area contributed by atoms with Crippen LogP contribution in [-0.4, -0.2) is 26.2 Å². The summed E-state index contributed by atoms with van der Waals surface area (Å²) in [4.78, 5) is 0. The zero-order chi connectivity index (χ0) is 23.3. The van der Waals surface area contributed by atoms with E-state index in [0.29, 0.717) is 41.9 Å². The number of methoxy groups -OCH3 is 1. The summed E-state index contributed by atoms with van der Waals surface area (Å²) in [5, 5.41) is 13.3. The van der Waals surface area contributed by atoms with Crippen LogP contribution in [0.5, 0.6) is 17.2 Å². The molecule has 7 heteroatoms. The number of hydrazone groups is 1. The lowest BCUT2D eigenvalue weighted by Gasteiger charge is -2.10. The van der Waals surface area contributed by atoms with E-state index in [1.807, 2.05) is 72.8 Å². The number of anilines is 1. The number of rotatable bonds is 11. The quantitative estimate of drug-likeness (QED) is 0.123. The van der Waals surface area contributed by atoms with Gasteiger partial charge in [0.1, 0.15) is 36.1 Å². The number of benzene rings is 3. The maximum Gasteiger partial charge on any atom is 0.201 e. The first kappa shape index (κ1) is 23.3. The highest BCUT2D eigenvalue weighted by molar-refractivity contribution is 5.99. The van der Waals surface area contributed by atoms with E-state index in [2.05, 4.69) is 33.9 Å². The van der Waals surface area contributed by atoms with E-state index in [0.717, 1.165) is 11.3 Å². The van der Waals surface area contributed by atoms with Gasteiger partial charge in [-0.15, -0.1) is 10.2 Å². The molecular formula is C26H26N4O3. The highest BCUT2D eigenvalue weighted by Gasteiger charge is 2.08. The molecule has 0 bridgehead atoms. The zero-order valence-electron chi connectivity index (χ0n) is 18.5. The Kier molecular flexibility index (Phi) is 8.79. The van der Waals surface area contributed by atoms with E-state index in [1.165, 1.54) is 0 Å². The Morgan fingerprint density at radius 2 is 1.48 bits per heavy atom. The van der Waals surface area contributed by atoms with Crippen molar-refractivity contribution in [2.24, 2.45) is 15.3 Å². The lowest BCUT2D eigenvalue weighted by molar-refractivity contribution is 0.364. The molecule has 0 fully saturated rings.